The van der Waals surface area contributed by atoms with E-state index in [4.69, 9.17) is 11.6 Å². The highest BCUT2D eigenvalue weighted by atomic mass is 35.5. The fourth-order valence-corrected chi connectivity index (χ4v) is 5.89. The zero-order chi connectivity index (χ0) is 25.4. The third kappa shape index (κ3) is 3.09. The summed E-state index contributed by atoms with van der Waals surface area (Å²) in [5.41, 5.74) is -0.253. The minimum atomic E-state index is -1.69. The number of nitrogens with zero attached hydrogens (tertiary/aromatic N) is 1. The summed E-state index contributed by atoms with van der Waals surface area (Å²) >= 11 is 5.92. The number of halogens is 3. The summed E-state index contributed by atoms with van der Waals surface area (Å²) in [5.74, 6) is -5.19. The van der Waals surface area contributed by atoms with E-state index < -0.39 is 52.8 Å². The fourth-order valence-electron chi connectivity index (χ4n) is 5.71. The van der Waals surface area contributed by atoms with Gasteiger partial charge >= 0.3 is 0 Å². The van der Waals surface area contributed by atoms with Crippen LogP contribution in [0.1, 0.15) is 11.1 Å². The number of hydrogen-bond donors (Lipinski definition) is 3. The number of carbonyl (C=O) groups excluding carboxylic acids is 3. The number of phenolic OH excluding ortho intramolecular Hbond substituents is 1. The second-order valence-corrected chi connectivity index (χ2v) is 9.59. The lowest BCUT2D eigenvalue weighted by atomic mass is 9.76. The van der Waals surface area contributed by atoms with Crippen LogP contribution in [0.3, 0.4) is 0 Å². The molecule has 0 aliphatic carbocycles. The van der Waals surface area contributed by atoms with Crippen LogP contribution < -0.4 is 15.5 Å². The van der Waals surface area contributed by atoms with Crippen molar-refractivity contribution in [1.82, 2.24) is 5.32 Å². The number of benzene rings is 3. The van der Waals surface area contributed by atoms with Gasteiger partial charge in [0.1, 0.15) is 22.9 Å². The number of phenols is 1. The van der Waals surface area contributed by atoms with Crippen LogP contribution in [-0.2, 0) is 26.3 Å². The predicted molar refractivity (Wildman–Crippen MR) is 126 cm³/mol. The molecule has 3 heterocycles. The molecule has 1 spiro atoms. The quantitative estimate of drug-likeness (QED) is 0.470. The minimum Gasteiger partial charge on any atom is -0.508 e. The van der Waals surface area contributed by atoms with E-state index in [0.717, 1.165) is 16.5 Å². The van der Waals surface area contributed by atoms with Crippen molar-refractivity contribution >= 4 is 40.7 Å². The van der Waals surface area contributed by atoms with Gasteiger partial charge in [0.15, 0.2) is 0 Å². The number of hydrogen-bond acceptors (Lipinski definition) is 5. The molecule has 0 radical (unpaired) electrons. The highest BCUT2D eigenvalue weighted by molar-refractivity contribution is 6.32. The maximum atomic E-state index is 14.3. The van der Waals surface area contributed by atoms with Crippen molar-refractivity contribution in [2.75, 3.05) is 10.2 Å². The fraction of sp³-hybridized carbons (Fsp3) is 0.192. The molecule has 3 N–H and O–H groups in total. The summed E-state index contributed by atoms with van der Waals surface area (Å²) < 4.78 is 28.1. The summed E-state index contributed by atoms with van der Waals surface area (Å²) in [6.07, 6.45) is 0.248. The second kappa shape index (κ2) is 7.84. The molecule has 7 nitrogen and oxygen atoms in total. The third-order valence-electron chi connectivity index (χ3n) is 7.23. The van der Waals surface area contributed by atoms with E-state index in [2.05, 4.69) is 10.6 Å². The van der Waals surface area contributed by atoms with Crippen molar-refractivity contribution < 1.29 is 28.3 Å². The van der Waals surface area contributed by atoms with E-state index in [0.29, 0.717) is 5.69 Å². The molecular formula is C26H18ClF2N3O4. The lowest BCUT2D eigenvalue weighted by molar-refractivity contribution is -0.130. The van der Waals surface area contributed by atoms with Gasteiger partial charge in [-0.05, 0) is 60.5 Å². The van der Waals surface area contributed by atoms with E-state index in [9.17, 15) is 28.3 Å². The molecule has 0 aromatic heterocycles. The van der Waals surface area contributed by atoms with E-state index in [1.54, 1.807) is 12.1 Å². The molecule has 4 atom stereocenters. The summed E-state index contributed by atoms with van der Waals surface area (Å²) in [6, 6.07) is 13.0. The van der Waals surface area contributed by atoms with Crippen LogP contribution in [0.5, 0.6) is 5.75 Å². The molecule has 3 aliphatic heterocycles. The van der Waals surface area contributed by atoms with Crippen LogP contribution in [0.15, 0.2) is 60.7 Å². The van der Waals surface area contributed by atoms with Crippen molar-refractivity contribution in [2.45, 2.75) is 18.0 Å². The Morgan fingerprint density at radius 1 is 0.972 bits per heavy atom. The number of anilines is 2. The summed E-state index contributed by atoms with van der Waals surface area (Å²) in [4.78, 5) is 42.0. The SMILES string of the molecule is O=C1C2C(Cc3ccc(O)cc3)NC3(C(=O)Nc4ccc(F)cc43)C2C(=O)N1c1ccc(F)c(Cl)c1. The smallest absolute Gasteiger partial charge is 0.250 e. The minimum absolute atomic E-state index is 0.0681. The van der Waals surface area contributed by atoms with Gasteiger partial charge < -0.3 is 10.4 Å². The first kappa shape index (κ1) is 22.6. The number of fused-ring (bicyclic) bond motifs is 4. The van der Waals surface area contributed by atoms with Crippen LogP contribution in [0.2, 0.25) is 5.02 Å². The molecule has 10 heteroatoms. The summed E-state index contributed by atoms with van der Waals surface area (Å²) in [7, 11) is 0. The van der Waals surface area contributed by atoms with Gasteiger partial charge in [-0.3, -0.25) is 19.7 Å². The van der Waals surface area contributed by atoms with Crippen molar-refractivity contribution in [3.8, 4) is 5.75 Å². The molecule has 6 rings (SSSR count). The number of amides is 3. The number of nitrogens with one attached hydrogen (secondary N) is 2. The molecule has 3 aliphatic rings. The Morgan fingerprint density at radius 2 is 1.72 bits per heavy atom. The molecular weight excluding hydrogens is 492 g/mol. The maximum Gasteiger partial charge on any atom is 0.250 e. The normalized spacial score (nSPS) is 26.5. The Morgan fingerprint density at radius 3 is 2.44 bits per heavy atom. The van der Waals surface area contributed by atoms with Gasteiger partial charge in [-0.15, -0.1) is 0 Å². The largest absolute Gasteiger partial charge is 0.508 e. The van der Waals surface area contributed by atoms with E-state index in [-0.39, 0.29) is 28.4 Å². The van der Waals surface area contributed by atoms with E-state index >= 15 is 0 Å². The predicted octanol–water partition coefficient (Wildman–Crippen LogP) is 3.49. The van der Waals surface area contributed by atoms with Crippen molar-refractivity contribution in [2.24, 2.45) is 11.8 Å². The van der Waals surface area contributed by atoms with Gasteiger partial charge in [0, 0.05) is 17.3 Å². The lowest BCUT2D eigenvalue weighted by Gasteiger charge is -2.29. The topological polar surface area (TPSA) is 98.7 Å². The van der Waals surface area contributed by atoms with Gasteiger partial charge in [0.05, 0.1) is 22.5 Å². The number of imide groups is 1. The Kier molecular flexibility index (Phi) is 4.93. The molecule has 0 bridgehead atoms. The monoisotopic (exact) mass is 509 g/mol. The summed E-state index contributed by atoms with van der Waals surface area (Å²) in [5, 5.41) is 15.3. The number of carbonyl (C=O) groups is 3. The average Bonchev–Trinajstić information content (AvgIpc) is 3.42. The van der Waals surface area contributed by atoms with Gasteiger partial charge in [-0.2, -0.15) is 0 Å². The van der Waals surface area contributed by atoms with Crippen LogP contribution in [0.4, 0.5) is 20.2 Å². The molecule has 3 aromatic carbocycles. The van der Waals surface area contributed by atoms with Crippen molar-refractivity contribution in [3.63, 3.8) is 0 Å². The Balaban J connectivity index is 1.50. The Labute approximate surface area is 208 Å². The van der Waals surface area contributed by atoms with Crippen LogP contribution in [-0.4, -0.2) is 28.9 Å². The first-order valence-electron chi connectivity index (χ1n) is 11.2. The molecule has 3 aromatic rings. The van der Waals surface area contributed by atoms with Crippen molar-refractivity contribution in [1.29, 1.82) is 0 Å². The zero-order valence-electron chi connectivity index (χ0n) is 18.5. The number of rotatable bonds is 3. The highest BCUT2D eigenvalue weighted by Gasteiger charge is 2.70. The zero-order valence-corrected chi connectivity index (χ0v) is 19.2. The molecule has 2 saturated heterocycles. The van der Waals surface area contributed by atoms with Gasteiger partial charge in [0.25, 0.3) is 0 Å². The van der Waals surface area contributed by atoms with Crippen LogP contribution in [0, 0.1) is 23.5 Å². The molecule has 0 saturated carbocycles. The first-order chi connectivity index (χ1) is 17.2. The molecule has 36 heavy (non-hydrogen) atoms. The molecule has 4 unspecified atom stereocenters. The number of aromatic hydroxyl groups is 1. The average molecular weight is 510 g/mol. The highest BCUT2D eigenvalue weighted by Crippen LogP contribution is 2.54. The third-order valence-corrected chi connectivity index (χ3v) is 7.52. The lowest BCUT2D eigenvalue weighted by Crippen LogP contribution is -2.53. The Bertz CT molecular complexity index is 1460. The second-order valence-electron chi connectivity index (χ2n) is 9.19. The molecule has 182 valence electrons. The molecule has 2 fully saturated rings. The van der Waals surface area contributed by atoms with Gasteiger partial charge in [0.2, 0.25) is 17.7 Å². The molecule has 3 amide bonds. The van der Waals surface area contributed by atoms with E-state index in [1.165, 1.54) is 42.5 Å². The van der Waals surface area contributed by atoms with Crippen LogP contribution in [0.25, 0.3) is 0 Å². The van der Waals surface area contributed by atoms with Gasteiger partial charge in [-0.25, -0.2) is 13.7 Å². The van der Waals surface area contributed by atoms with Crippen molar-refractivity contribution in [3.05, 3.63) is 88.4 Å². The van der Waals surface area contributed by atoms with E-state index in [1.807, 2.05) is 0 Å². The van der Waals surface area contributed by atoms with Gasteiger partial charge in [-0.1, -0.05) is 23.7 Å². The maximum absolute atomic E-state index is 14.3. The Hall–Kier alpha value is -3.82. The summed E-state index contributed by atoms with van der Waals surface area (Å²) in [6.45, 7) is 0. The van der Waals surface area contributed by atoms with Crippen LogP contribution >= 0.6 is 11.6 Å². The standard InChI is InChI=1S/C26H18ClF2N3O4/c27-17-11-14(4-7-18(17)29)32-23(34)21-20(9-12-1-5-15(33)6-2-12)31-26(22(21)24(32)35)16-10-13(28)3-8-19(16)30-25(26)36/h1-8,10-11,20-22,31,33H,9H2,(H,30,36). The first-order valence-corrected chi connectivity index (χ1v) is 11.6.